The summed E-state index contributed by atoms with van der Waals surface area (Å²) in [5.41, 5.74) is 0.0283. The third-order valence-electron chi connectivity index (χ3n) is 5.88. The van der Waals surface area contributed by atoms with Crippen LogP contribution in [0, 0.1) is 17.2 Å². The number of hydrogen-bond acceptors (Lipinski definition) is 6. The van der Waals surface area contributed by atoms with Crippen LogP contribution in [0.1, 0.15) is 40.5 Å². The molecule has 160 valence electrons. The maximum Gasteiger partial charge on any atom is 0.354 e. The first-order valence-corrected chi connectivity index (χ1v) is 14.3. The molecule has 0 radical (unpaired) electrons. The molecule has 0 aromatic rings. The monoisotopic (exact) mass is 454 g/mol. The molecule has 2 rings (SSSR count). The van der Waals surface area contributed by atoms with Crippen molar-refractivity contribution in [2.45, 2.75) is 69.6 Å². The Hall–Kier alpha value is -1.21. The molecule has 2 heterocycles. The number of rotatable bonds is 9. The Morgan fingerprint density at radius 2 is 2.17 bits per heavy atom. The highest BCUT2D eigenvalue weighted by atomic mass is 32.2. The zero-order valence-corrected chi connectivity index (χ0v) is 20.6. The summed E-state index contributed by atoms with van der Waals surface area (Å²) in [6.07, 6.45) is 2.20. The third-order valence-corrected chi connectivity index (χ3v) is 13.3. The molecule has 0 bridgehead atoms. The van der Waals surface area contributed by atoms with Crippen LogP contribution in [0.25, 0.3) is 0 Å². The second-order valence-electron chi connectivity index (χ2n) is 8.87. The Kier molecular flexibility index (Phi) is 7.05. The van der Waals surface area contributed by atoms with Crippen LogP contribution in [0.3, 0.4) is 0 Å². The fourth-order valence-corrected chi connectivity index (χ4v) is 8.04. The van der Waals surface area contributed by atoms with Crippen LogP contribution in [0.15, 0.2) is 22.6 Å². The largest absolute Gasteiger partial charge is 0.477 e. The third kappa shape index (κ3) is 4.17. The van der Waals surface area contributed by atoms with Crippen molar-refractivity contribution in [1.29, 1.82) is 5.26 Å². The lowest BCUT2D eigenvalue weighted by Gasteiger charge is -2.56. The van der Waals surface area contributed by atoms with Gasteiger partial charge in [-0.15, -0.1) is 18.3 Å². The minimum absolute atomic E-state index is 0.00490. The van der Waals surface area contributed by atoms with E-state index in [1.54, 1.807) is 6.08 Å². The van der Waals surface area contributed by atoms with Crippen LogP contribution in [0.2, 0.25) is 18.1 Å². The molecule has 6 nitrogen and oxygen atoms in total. The number of aliphatic carboxylic acids is 1. The summed E-state index contributed by atoms with van der Waals surface area (Å²) in [6, 6.07) is 2.07. The number of thioether (sulfide) groups is 2. The minimum Gasteiger partial charge on any atom is -0.477 e. The van der Waals surface area contributed by atoms with Gasteiger partial charge in [-0.1, -0.05) is 38.6 Å². The van der Waals surface area contributed by atoms with E-state index in [1.165, 1.54) is 28.4 Å². The number of carbonyl (C=O) groups is 2. The first-order chi connectivity index (χ1) is 13.3. The normalized spacial score (nSPS) is 25.3. The van der Waals surface area contributed by atoms with E-state index in [1.807, 2.05) is 6.92 Å². The van der Waals surface area contributed by atoms with Gasteiger partial charge in [-0.05, 0) is 31.5 Å². The fourth-order valence-electron chi connectivity index (χ4n) is 3.51. The zero-order chi connectivity index (χ0) is 22.2. The SMILES string of the molecule is C=CC[C@]12SC(SCCC#N)=C(C(=O)O)N1C(=O)[C@@H]2[C@@H](C)O[Si](C)(C)C(C)(C)C. The molecule has 9 heteroatoms. The summed E-state index contributed by atoms with van der Waals surface area (Å²) in [4.78, 5) is 25.8. The molecule has 0 saturated carbocycles. The molecule has 1 amide bonds. The maximum absolute atomic E-state index is 13.1. The van der Waals surface area contributed by atoms with Crippen molar-refractivity contribution in [2.75, 3.05) is 5.75 Å². The molecule has 2 aliphatic heterocycles. The lowest BCUT2D eigenvalue weighted by Crippen LogP contribution is -2.70. The van der Waals surface area contributed by atoms with Gasteiger partial charge in [-0.3, -0.25) is 9.69 Å². The summed E-state index contributed by atoms with van der Waals surface area (Å²) in [7, 11) is -2.10. The minimum atomic E-state index is -2.10. The number of fused-ring (bicyclic) bond motifs is 1. The van der Waals surface area contributed by atoms with E-state index in [0.717, 1.165) is 0 Å². The van der Waals surface area contributed by atoms with Crippen molar-refractivity contribution in [3.05, 3.63) is 22.6 Å². The number of amides is 1. The van der Waals surface area contributed by atoms with Gasteiger partial charge in [-0.2, -0.15) is 5.26 Å². The molecular formula is C20H30N2O4S2Si. The number of carboxylic acids is 1. The van der Waals surface area contributed by atoms with E-state index in [2.05, 4.69) is 46.5 Å². The van der Waals surface area contributed by atoms with Gasteiger partial charge >= 0.3 is 5.97 Å². The molecule has 0 aromatic heterocycles. The summed E-state index contributed by atoms with van der Waals surface area (Å²) in [5, 5.41) is 18.6. The Balaban J connectivity index is 2.36. The highest BCUT2D eigenvalue weighted by Crippen LogP contribution is 2.63. The Labute approximate surface area is 182 Å². The standard InChI is InChI=1S/C20H30N2O4S2Si/c1-8-10-20-14(13(2)26-29(6,7)19(3,4)5)16(23)22(20)15(17(24)25)18(28-20)27-12-9-11-21/h8,13-14H,1,9-10,12H2,2-7H3,(H,24,25)/t13-,14+,20-/m1/s1. The van der Waals surface area contributed by atoms with Crippen LogP contribution < -0.4 is 0 Å². The average Bonchev–Trinajstić information content (AvgIpc) is 2.84. The van der Waals surface area contributed by atoms with Gasteiger partial charge in [0.1, 0.15) is 4.87 Å². The molecule has 1 saturated heterocycles. The number of hydrogen-bond donors (Lipinski definition) is 1. The molecule has 1 N–H and O–H groups in total. The van der Waals surface area contributed by atoms with Gasteiger partial charge in [-0.25, -0.2) is 4.79 Å². The first kappa shape index (κ1) is 24.1. The van der Waals surface area contributed by atoms with Crippen LogP contribution in [-0.2, 0) is 14.0 Å². The number of β-lactam (4-membered cyclic amide) rings is 1. The Morgan fingerprint density at radius 1 is 1.55 bits per heavy atom. The predicted octanol–water partition coefficient (Wildman–Crippen LogP) is 4.77. The molecule has 29 heavy (non-hydrogen) atoms. The van der Waals surface area contributed by atoms with E-state index in [9.17, 15) is 14.7 Å². The number of carbonyl (C=O) groups excluding carboxylic acids is 1. The van der Waals surface area contributed by atoms with E-state index in [-0.39, 0.29) is 22.7 Å². The zero-order valence-electron chi connectivity index (χ0n) is 17.9. The highest BCUT2D eigenvalue weighted by Gasteiger charge is 2.68. The molecule has 2 aliphatic rings. The van der Waals surface area contributed by atoms with Crippen LogP contribution in [0.5, 0.6) is 0 Å². The second kappa shape index (κ2) is 8.50. The summed E-state index contributed by atoms with van der Waals surface area (Å²) in [5.74, 6) is -1.28. The summed E-state index contributed by atoms with van der Waals surface area (Å²) >= 11 is 2.74. The lowest BCUT2D eigenvalue weighted by molar-refractivity contribution is -0.165. The van der Waals surface area contributed by atoms with Crippen LogP contribution in [-0.4, -0.2) is 46.9 Å². The van der Waals surface area contributed by atoms with Gasteiger partial charge in [0.2, 0.25) is 5.91 Å². The molecule has 0 aliphatic carbocycles. The Morgan fingerprint density at radius 3 is 2.66 bits per heavy atom. The molecular weight excluding hydrogens is 424 g/mol. The fraction of sp³-hybridized carbons (Fsp3) is 0.650. The van der Waals surface area contributed by atoms with Crippen LogP contribution in [0.4, 0.5) is 0 Å². The van der Waals surface area contributed by atoms with Gasteiger partial charge in [0.25, 0.3) is 0 Å². The number of carboxylic acid groups (broad SMARTS) is 1. The summed E-state index contributed by atoms with van der Waals surface area (Å²) < 4.78 is 7.10. The van der Waals surface area contributed by atoms with Crippen molar-refractivity contribution in [2.24, 2.45) is 5.92 Å². The lowest BCUT2D eigenvalue weighted by atomic mass is 9.80. The van der Waals surface area contributed by atoms with E-state index in [4.69, 9.17) is 9.69 Å². The first-order valence-electron chi connectivity index (χ1n) is 9.63. The van der Waals surface area contributed by atoms with Crippen molar-refractivity contribution >= 4 is 43.7 Å². The molecule has 0 aromatic carbocycles. The maximum atomic E-state index is 13.1. The second-order valence-corrected chi connectivity index (χ2v) is 16.3. The van der Waals surface area contributed by atoms with Gasteiger partial charge in [0.15, 0.2) is 14.0 Å². The van der Waals surface area contributed by atoms with E-state index < -0.39 is 25.1 Å². The molecule has 0 spiro atoms. The summed E-state index contributed by atoms with van der Waals surface area (Å²) in [6.45, 7) is 16.5. The van der Waals surface area contributed by atoms with Crippen molar-refractivity contribution in [1.82, 2.24) is 4.90 Å². The van der Waals surface area contributed by atoms with Gasteiger partial charge < -0.3 is 9.53 Å². The number of nitriles is 1. The smallest absolute Gasteiger partial charge is 0.354 e. The van der Waals surface area contributed by atoms with Crippen molar-refractivity contribution in [3.8, 4) is 6.07 Å². The van der Waals surface area contributed by atoms with Crippen molar-refractivity contribution in [3.63, 3.8) is 0 Å². The molecule has 3 atom stereocenters. The average molecular weight is 455 g/mol. The number of nitrogens with zero attached hydrogens (tertiary/aromatic N) is 2. The van der Waals surface area contributed by atoms with Gasteiger partial charge in [0.05, 0.1) is 22.3 Å². The van der Waals surface area contributed by atoms with E-state index in [0.29, 0.717) is 22.8 Å². The predicted molar refractivity (Wildman–Crippen MR) is 121 cm³/mol. The van der Waals surface area contributed by atoms with Crippen molar-refractivity contribution < 1.29 is 19.1 Å². The topological polar surface area (TPSA) is 90.6 Å². The molecule has 0 unspecified atom stereocenters. The Bertz CT molecular complexity index is 784. The van der Waals surface area contributed by atoms with Crippen LogP contribution >= 0.6 is 23.5 Å². The highest BCUT2D eigenvalue weighted by molar-refractivity contribution is 8.23. The molecule has 1 fully saturated rings. The van der Waals surface area contributed by atoms with Gasteiger partial charge in [0, 0.05) is 12.2 Å². The van der Waals surface area contributed by atoms with E-state index >= 15 is 0 Å². The quantitative estimate of drug-likeness (QED) is 0.232.